The summed E-state index contributed by atoms with van der Waals surface area (Å²) in [5.74, 6) is -0.0553. The number of carbonyl (C=O) groups is 2. The molecule has 0 aliphatic heterocycles. The summed E-state index contributed by atoms with van der Waals surface area (Å²) in [6, 6.07) is 1.76. The van der Waals surface area contributed by atoms with Crippen molar-refractivity contribution in [3.05, 3.63) is 12.3 Å². The van der Waals surface area contributed by atoms with E-state index in [1.165, 1.54) is 0 Å². The van der Waals surface area contributed by atoms with E-state index < -0.39 is 16.4 Å². The summed E-state index contributed by atoms with van der Waals surface area (Å²) in [6.07, 6.45) is 3.07. The molecule has 24 heavy (non-hydrogen) atoms. The van der Waals surface area contributed by atoms with Crippen molar-refractivity contribution in [2.75, 3.05) is 5.32 Å². The third-order valence-corrected chi connectivity index (χ3v) is 5.36. The topological polar surface area (TPSA) is 73.2 Å². The molecule has 1 heterocycles. The van der Waals surface area contributed by atoms with Gasteiger partial charge in [-0.25, -0.2) is 0 Å². The summed E-state index contributed by atoms with van der Waals surface area (Å²) >= 11 is 0. The fraction of sp³-hybridized carbons (Fsp3) is 0.722. The molecule has 2 rings (SSSR count). The first-order chi connectivity index (χ1) is 10.9. The average molecular weight is 335 g/mol. The first-order valence-electron chi connectivity index (χ1n) is 8.41. The lowest BCUT2D eigenvalue weighted by atomic mass is 9.65. The van der Waals surface area contributed by atoms with Gasteiger partial charge in [0, 0.05) is 25.2 Å². The molecule has 1 fully saturated rings. The third kappa shape index (κ3) is 3.32. The summed E-state index contributed by atoms with van der Waals surface area (Å²) in [4.78, 5) is 25.5. The van der Waals surface area contributed by atoms with Gasteiger partial charge in [0.25, 0.3) is 0 Å². The van der Waals surface area contributed by atoms with E-state index in [0.29, 0.717) is 18.7 Å². The zero-order chi connectivity index (χ0) is 18.3. The molecule has 0 bridgehead atoms. The van der Waals surface area contributed by atoms with Crippen LogP contribution < -0.4 is 5.32 Å². The third-order valence-electron chi connectivity index (χ3n) is 5.36. The van der Waals surface area contributed by atoms with Crippen LogP contribution in [0.1, 0.15) is 54.4 Å². The van der Waals surface area contributed by atoms with E-state index in [4.69, 9.17) is 4.74 Å². The lowest BCUT2D eigenvalue weighted by Crippen LogP contribution is -2.46. The zero-order valence-corrected chi connectivity index (χ0v) is 15.8. The van der Waals surface area contributed by atoms with E-state index in [9.17, 15) is 9.59 Å². The molecule has 1 saturated carbocycles. The quantitative estimate of drug-likeness (QED) is 0.861. The van der Waals surface area contributed by atoms with Gasteiger partial charge in [0.15, 0.2) is 5.82 Å². The Morgan fingerprint density at radius 3 is 2.46 bits per heavy atom. The van der Waals surface area contributed by atoms with Gasteiger partial charge in [-0.1, -0.05) is 13.8 Å². The van der Waals surface area contributed by atoms with Crippen LogP contribution in [-0.4, -0.2) is 27.3 Å². The van der Waals surface area contributed by atoms with Gasteiger partial charge in [-0.05, 0) is 46.0 Å². The molecule has 1 aliphatic carbocycles. The van der Waals surface area contributed by atoms with Crippen LogP contribution in [0.2, 0.25) is 0 Å². The number of nitrogens with zero attached hydrogens (tertiary/aromatic N) is 2. The minimum Gasteiger partial charge on any atom is -0.460 e. The van der Waals surface area contributed by atoms with Gasteiger partial charge < -0.3 is 10.1 Å². The maximum atomic E-state index is 12.8. The van der Waals surface area contributed by atoms with Crippen molar-refractivity contribution in [2.45, 2.75) is 60.0 Å². The molecular formula is C18H29N3O3. The number of carbonyl (C=O) groups excluding carboxylic acids is 2. The maximum Gasteiger partial charge on any atom is 0.312 e. The molecule has 1 N–H and O–H groups in total. The normalized spacial score (nSPS) is 26.2. The maximum absolute atomic E-state index is 12.8. The van der Waals surface area contributed by atoms with Crippen molar-refractivity contribution >= 4 is 17.7 Å². The number of nitrogens with one attached hydrogen (secondary N) is 1. The second kappa shape index (κ2) is 5.90. The van der Waals surface area contributed by atoms with E-state index in [2.05, 4.69) is 10.4 Å². The number of esters is 1. The van der Waals surface area contributed by atoms with Crippen molar-refractivity contribution in [1.29, 1.82) is 0 Å². The highest BCUT2D eigenvalue weighted by molar-refractivity contribution is 5.93. The lowest BCUT2D eigenvalue weighted by molar-refractivity contribution is -0.173. The molecule has 1 aromatic heterocycles. The van der Waals surface area contributed by atoms with Crippen LogP contribution in [0.15, 0.2) is 12.3 Å². The van der Waals surface area contributed by atoms with Gasteiger partial charge in [0.05, 0.1) is 5.41 Å². The molecule has 1 amide bonds. The number of aryl methyl sites for hydroxylation is 1. The zero-order valence-electron chi connectivity index (χ0n) is 15.8. The van der Waals surface area contributed by atoms with Crippen molar-refractivity contribution in [1.82, 2.24) is 9.78 Å². The predicted octanol–water partition coefficient (Wildman–Crippen LogP) is 3.14. The van der Waals surface area contributed by atoms with Crippen LogP contribution in [0.5, 0.6) is 0 Å². The number of rotatable bonds is 3. The SMILES string of the molecule is Cn1ccc(NC(=O)[C@H]2CC[C@@](C)(C(=O)OC(C)(C)C)C2(C)C)n1. The molecule has 0 spiro atoms. The Kier molecular flexibility index (Phi) is 4.55. The van der Waals surface area contributed by atoms with Gasteiger partial charge in [0.2, 0.25) is 5.91 Å². The van der Waals surface area contributed by atoms with E-state index in [-0.39, 0.29) is 17.8 Å². The van der Waals surface area contributed by atoms with Crippen LogP contribution in [0, 0.1) is 16.7 Å². The van der Waals surface area contributed by atoms with Crippen LogP contribution in [-0.2, 0) is 21.4 Å². The molecule has 0 radical (unpaired) electrons. The van der Waals surface area contributed by atoms with Crippen LogP contribution in [0.25, 0.3) is 0 Å². The highest BCUT2D eigenvalue weighted by Gasteiger charge is 2.59. The Morgan fingerprint density at radius 1 is 1.33 bits per heavy atom. The van der Waals surface area contributed by atoms with E-state index in [0.717, 1.165) is 0 Å². The lowest BCUT2D eigenvalue weighted by Gasteiger charge is -2.40. The Balaban J connectivity index is 2.17. The summed E-state index contributed by atoms with van der Waals surface area (Å²) in [7, 11) is 1.80. The molecule has 2 atom stereocenters. The van der Waals surface area contributed by atoms with Crippen LogP contribution in [0.4, 0.5) is 5.82 Å². The number of hydrogen-bond donors (Lipinski definition) is 1. The van der Waals surface area contributed by atoms with Crippen molar-refractivity contribution in [3.8, 4) is 0 Å². The van der Waals surface area contributed by atoms with E-state index in [1.54, 1.807) is 24.0 Å². The molecule has 1 aliphatic rings. The monoisotopic (exact) mass is 335 g/mol. The number of anilines is 1. The summed E-state index contributed by atoms with van der Waals surface area (Å²) < 4.78 is 7.26. The fourth-order valence-electron chi connectivity index (χ4n) is 3.41. The highest BCUT2D eigenvalue weighted by atomic mass is 16.6. The predicted molar refractivity (Wildman–Crippen MR) is 92.3 cm³/mol. The molecule has 0 aromatic carbocycles. The summed E-state index contributed by atoms with van der Waals surface area (Å²) in [6.45, 7) is 11.5. The fourth-order valence-corrected chi connectivity index (χ4v) is 3.41. The Morgan fingerprint density at radius 2 is 1.96 bits per heavy atom. The molecule has 6 nitrogen and oxygen atoms in total. The van der Waals surface area contributed by atoms with Crippen molar-refractivity contribution in [2.24, 2.45) is 23.8 Å². The van der Waals surface area contributed by atoms with Gasteiger partial charge in [-0.2, -0.15) is 5.10 Å². The second-order valence-corrected chi connectivity index (χ2v) is 8.51. The average Bonchev–Trinajstić information content (AvgIpc) is 2.90. The molecule has 1 aromatic rings. The summed E-state index contributed by atoms with van der Waals surface area (Å²) in [5.41, 5.74) is -1.73. The molecular weight excluding hydrogens is 306 g/mol. The first kappa shape index (κ1) is 18.5. The second-order valence-electron chi connectivity index (χ2n) is 8.51. The molecule has 0 unspecified atom stereocenters. The number of hydrogen-bond acceptors (Lipinski definition) is 4. The minimum atomic E-state index is -0.688. The Labute approximate surface area is 143 Å². The van der Waals surface area contributed by atoms with Crippen LogP contribution >= 0.6 is 0 Å². The van der Waals surface area contributed by atoms with E-state index in [1.807, 2.05) is 41.5 Å². The largest absolute Gasteiger partial charge is 0.460 e. The Hall–Kier alpha value is -1.85. The van der Waals surface area contributed by atoms with Crippen molar-refractivity contribution in [3.63, 3.8) is 0 Å². The van der Waals surface area contributed by atoms with Crippen molar-refractivity contribution < 1.29 is 14.3 Å². The molecule has 134 valence electrons. The number of aromatic nitrogens is 2. The summed E-state index contributed by atoms with van der Waals surface area (Å²) in [5, 5.41) is 7.05. The standard InChI is InChI=1S/C18H29N3O3/c1-16(2,3)24-15(23)18(6)10-8-12(17(18,4)5)14(22)19-13-9-11-21(7)20-13/h9,11-12H,8,10H2,1-7H3,(H,19,20,22)/t12-,18+/m1/s1. The van der Waals surface area contributed by atoms with Gasteiger partial charge in [-0.3, -0.25) is 14.3 Å². The van der Waals surface area contributed by atoms with Gasteiger partial charge in [-0.15, -0.1) is 0 Å². The Bertz CT molecular complexity index is 642. The van der Waals surface area contributed by atoms with Gasteiger partial charge in [0.1, 0.15) is 5.60 Å². The van der Waals surface area contributed by atoms with Gasteiger partial charge >= 0.3 is 5.97 Å². The molecule has 0 saturated heterocycles. The number of ether oxygens (including phenoxy) is 1. The van der Waals surface area contributed by atoms with Crippen LogP contribution in [0.3, 0.4) is 0 Å². The highest BCUT2D eigenvalue weighted by Crippen LogP contribution is 2.57. The molecule has 6 heteroatoms. The first-order valence-corrected chi connectivity index (χ1v) is 8.41. The minimum absolute atomic E-state index is 0.0917. The smallest absolute Gasteiger partial charge is 0.312 e. The number of amides is 1. The van der Waals surface area contributed by atoms with E-state index >= 15 is 0 Å².